The first kappa shape index (κ1) is 21.2. The third-order valence-corrected chi connectivity index (χ3v) is 10.7. The number of hydrogen-bond donors (Lipinski definition) is 0. The van der Waals surface area contributed by atoms with E-state index in [1.165, 1.54) is 54.3 Å². The van der Waals surface area contributed by atoms with E-state index in [1.807, 2.05) is 0 Å². The van der Waals surface area contributed by atoms with Crippen molar-refractivity contribution in [3.8, 4) is 0 Å². The number of hydrogen-bond acceptors (Lipinski definition) is 5. The van der Waals surface area contributed by atoms with Gasteiger partial charge in [0.2, 0.25) is 0 Å². The molecule has 7 rings (SSSR count). The summed E-state index contributed by atoms with van der Waals surface area (Å²) in [5.41, 5.74) is 1.20. The van der Waals surface area contributed by atoms with Crippen LogP contribution in [0.4, 0.5) is 0 Å². The summed E-state index contributed by atoms with van der Waals surface area (Å²) in [6.07, 6.45) is 14.7. The van der Waals surface area contributed by atoms with Crippen molar-refractivity contribution >= 4 is 39.1 Å². The molecule has 0 spiro atoms. The number of allylic oxidation sites excluding steroid dienone is 1. The number of carbonyl (C=O) groups is 1. The second-order valence-corrected chi connectivity index (χ2v) is 12.8. The maximum absolute atomic E-state index is 13.5. The second kappa shape index (κ2) is 8.12. The van der Waals surface area contributed by atoms with Gasteiger partial charge in [-0.3, -0.25) is 14.2 Å². The van der Waals surface area contributed by atoms with E-state index in [-0.39, 0.29) is 11.0 Å². The van der Waals surface area contributed by atoms with Crippen molar-refractivity contribution in [1.82, 2.24) is 9.55 Å². The topological polar surface area (TPSA) is 52.0 Å². The van der Waals surface area contributed by atoms with Crippen molar-refractivity contribution < 1.29 is 4.79 Å². The number of thioether (sulfide) groups is 1. The molecule has 4 fully saturated rings. The van der Waals surface area contributed by atoms with Crippen LogP contribution in [0.1, 0.15) is 68.2 Å². The van der Waals surface area contributed by atoms with Crippen molar-refractivity contribution in [2.75, 3.05) is 5.75 Å². The van der Waals surface area contributed by atoms with Crippen LogP contribution < -0.4 is 5.56 Å². The van der Waals surface area contributed by atoms with Crippen LogP contribution in [-0.2, 0) is 24.2 Å². The number of carbonyl (C=O) groups excluding carboxylic acids is 1. The molecule has 170 valence electrons. The molecule has 4 saturated carbocycles. The summed E-state index contributed by atoms with van der Waals surface area (Å²) in [4.78, 5) is 34.2. The minimum Gasteiger partial charge on any atom is -0.298 e. The summed E-state index contributed by atoms with van der Waals surface area (Å²) in [5, 5.41) is 1.52. The smallest absolute Gasteiger partial charge is 0.263 e. The molecular weight excluding hydrogens is 436 g/mol. The number of rotatable bonds is 6. The van der Waals surface area contributed by atoms with Gasteiger partial charge in [-0.05, 0) is 87.5 Å². The molecule has 2 aromatic rings. The highest BCUT2D eigenvalue weighted by Gasteiger charge is 2.54. The Labute approximate surface area is 197 Å². The molecule has 0 aromatic carbocycles. The maximum Gasteiger partial charge on any atom is 0.263 e. The van der Waals surface area contributed by atoms with Gasteiger partial charge in [0, 0.05) is 16.8 Å². The molecule has 0 radical (unpaired) electrons. The first-order chi connectivity index (χ1) is 15.6. The van der Waals surface area contributed by atoms with Crippen LogP contribution in [0.2, 0.25) is 0 Å². The Morgan fingerprint density at radius 3 is 2.50 bits per heavy atom. The van der Waals surface area contributed by atoms with E-state index >= 15 is 0 Å². The molecule has 6 heteroatoms. The van der Waals surface area contributed by atoms with Gasteiger partial charge in [0.05, 0.1) is 11.1 Å². The number of nitrogens with zero attached hydrogens (tertiary/aromatic N) is 2. The molecule has 2 heterocycles. The molecular formula is C26H32N2O2S2. The molecule has 0 aliphatic heterocycles. The molecule has 32 heavy (non-hydrogen) atoms. The number of ketones is 1. The van der Waals surface area contributed by atoms with Gasteiger partial charge in [0.15, 0.2) is 5.16 Å². The molecule has 0 saturated heterocycles. The number of aromatic nitrogens is 2. The summed E-state index contributed by atoms with van der Waals surface area (Å²) < 4.78 is 1.75. The summed E-state index contributed by atoms with van der Waals surface area (Å²) in [5.74, 6) is 3.15. The average Bonchev–Trinajstić information content (AvgIpc) is 2.94. The number of aryl methyl sites for hydroxylation is 2. The van der Waals surface area contributed by atoms with E-state index in [1.54, 1.807) is 22.0 Å². The summed E-state index contributed by atoms with van der Waals surface area (Å²) in [7, 11) is 0. The van der Waals surface area contributed by atoms with Crippen LogP contribution >= 0.6 is 23.1 Å². The van der Waals surface area contributed by atoms with E-state index in [4.69, 9.17) is 4.98 Å². The van der Waals surface area contributed by atoms with E-state index in [2.05, 4.69) is 6.58 Å². The largest absolute Gasteiger partial charge is 0.298 e. The fourth-order valence-corrected chi connectivity index (χ4v) is 9.88. The number of Topliss-reactive ketones (excluding diaryl/α,β-unsaturated/α-hetero) is 1. The lowest BCUT2D eigenvalue weighted by molar-refractivity contribution is -0.141. The van der Waals surface area contributed by atoms with Gasteiger partial charge < -0.3 is 0 Å². The normalized spacial score (nSPS) is 30.9. The van der Waals surface area contributed by atoms with E-state index in [9.17, 15) is 9.59 Å². The van der Waals surface area contributed by atoms with Crippen molar-refractivity contribution in [2.45, 2.75) is 82.3 Å². The molecule has 0 atom stereocenters. The highest BCUT2D eigenvalue weighted by Crippen LogP contribution is 2.60. The predicted octanol–water partition coefficient (Wildman–Crippen LogP) is 5.79. The monoisotopic (exact) mass is 468 g/mol. The van der Waals surface area contributed by atoms with Gasteiger partial charge in [-0.1, -0.05) is 24.3 Å². The van der Waals surface area contributed by atoms with Crippen LogP contribution in [0.25, 0.3) is 10.2 Å². The zero-order chi connectivity index (χ0) is 21.9. The molecule has 4 nitrogen and oxygen atoms in total. The van der Waals surface area contributed by atoms with Crippen LogP contribution in [0.5, 0.6) is 0 Å². The Hall–Kier alpha value is -1.40. The Morgan fingerprint density at radius 1 is 1.12 bits per heavy atom. The van der Waals surface area contributed by atoms with Gasteiger partial charge in [-0.2, -0.15) is 0 Å². The van der Waals surface area contributed by atoms with E-state index < -0.39 is 0 Å². The Balaban J connectivity index is 1.30. The van der Waals surface area contributed by atoms with Crippen molar-refractivity contribution in [2.24, 2.45) is 23.2 Å². The predicted molar refractivity (Wildman–Crippen MR) is 132 cm³/mol. The molecule has 0 unspecified atom stereocenters. The minimum atomic E-state index is -0.0876. The van der Waals surface area contributed by atoms with E-state index in [0.29, 0.717) is 23.2 Å². The fraction of sp³-hybridized carbons (Fsp3) is 0.654. The molecule has 4 bridgehead atoms. The van der Waals surface area contributed by atoms with Crippen molar-refractivity contribution in [1.29, 1.82) is 0 Å². The minimum absolute atomic E-state index is 0.0547. The highest BCUT2D eigenvalue weighted by atomic mass is 32.2. The quantitative estimate of drug-likeness (QED) is 0.233. The molecule has 2 aromatic heterocycles. The molecule has 0 N–H and O–H groups in total. The van der Waals surface area contributed by atoms with Crippen molar-refractivity contribution in [3.63, 3.8) is 0 Å². The lowest BCUT2D eigenvalue weighted by Crippen LogP contribution is -2.50. The second-order valence-electron chi connectivity index (χ2n) is 10.8. The van der Waals surface area contributed by atoms with Crippen molar-refractivity contribution in [3.05, 3.63) is 33.4 Å². The Morgan fingerprint density at radius 2 is 1.81 bits per heavy atom. The third-order valence-electron chi connectivity index (χ3n) is 8.56. The standard InChI is InChI=1S/C26H32N2O2S2/c1-2-8-28-24(30)22-19-6-4-3-5-7-20(19)32-23(22)27-25(28)31-15-21(29)26-12-16-9-17(13-26)11-18(10-16)14-26/h2,16-18H,1,3-15H2. The van der Waals surface area contributed by atoms with Gasteiger partial charge in [0.25, 0.3) is 5.56 Å². The van der Waals surface area contributed by atoms with Crippen LogP contribution in [-0.4, -0.2) is 21.1 Å². The van der Waals surface area contributed by atoms with Crippen LogP contribution in [0.3, 0.4) is 0 Å². The van der Waals surface area contributed by atoms with Gasteiger partial charge in [-0.15, -0.1) is 17.9 Å². The summed E-state index contributed by atoms with van der Waals surface area (Å²) in [6, 6.07) is 0. The van der Waals surface area contributed by atoms with Gasteiger partial charge in [-0.25, -0.2) is 4.98 Å². The van der Waals surface area contributed by atoms with E-state index in [0.717, 1.165) is 66.5 Å². The first-order valence-electron chi connectivity index (χ1n) is 12.4. The summed E-state index contributed by atoms with van der Waals surface area (Å²) >= 11 is 3.19. The number of fused-ring (bicyclic) bond motifs is 3. The Bertz CT molecular complexity index is 1110. The average molecular weight is 469 g/mol. The highest BCUT2D eigenvalue weighted by molar-refractivity contribution is 7.99. The lowest BCUT2D eigenvalue weighted by Gasteiger charge is -2.56. The third kappa shape index (κ3) is 3.44. The maximum atomic E-state index is 13.5. The fourth-order valence-electron chi connectivity index (χ4n) is 7.53. The SMILES string of the molecule is C=CCn1c(SCC(=O)C23CC4CC(CC(C4)C2)C3)nc2sc3c(c2c1=O)CCCCC3. The molecule has 5 aliphatic carbocycles. The zero-order valence-corrected chi connectivity index (χ0v) is 20.4. The molecule has 5 aliphatic rings. The van der Waals surface area contributed by atoms with Gasteiger partial charge in [0.1, 0.15) is 10.6 Å². The Kier molecular flexibility index (Phi) is 5.37. The zero-order valence-electron chi connectivity index (χ0n) is 18.7. The first-order valence-corrected chi connectivity index (χ1v) is 14.2. The molecule has 0 amide bonds. The van der Waals surface area contributed by atoms with Crippen LogP contribution in [0.15, 0.2) is 22.6 Å². The number of thiophene rings is 1. The lowest BCUT2D eigenvalue weighted by atomic mass is 9.48. The summed E-state index contributed by atoms with van der Waals surface area (Å²) in [6.45, 7) is 4.31. The van der Waals surface area contributed by atoms with Gasteiger partial charge >= 0.3 is 0 Å². The van der Waals surface area contributed by atoms with Crippen LogP contribution in [0, 0.1) is 23.2 Å².